The van der Waals surface area contributed by atoms with Crippen molar-refractivity contribution in [2.24, 2.45) is 5.73 Å². The molecule has 0 aliphatic rings. The van der Waals surface area contributed by atoms with Crippen molar-refractivity contribution in [3.8, 4) is 5.75 Å². The molecule has 0 atom stereocenters. The molecule has 17 heavy (non-hydrogen) atoms. The fraction of sp³-hybridized carbons (Fsp3) is 0.200. The Hall–Kier alpha value is -0.920. The number of benzene rings is 1. The lowest BCUT2D eigenvalue weighted by atomic mass is 10.3. The van der Waals surface area contributed by atoms with Gasteiger partial charge in [-0.1, -0.05) is 21.1 Å². The van der Waals surface area contributed by atoms with Crippen molar-refractivity contribution >= 4 is 31.9 Å². The molecule has 2 aromatic rings. The summed E-state index contributed by atoms with van der Waals surface area (Å²) in [5.41, 5.74) is 5.36. The summed E-state index contributed by atoms with van der Waals surface area (Å²) in [5, 5.41) is 3.73. The highest BCUT2D eigenvalue weighted by Crippen LogP contribution is 2.28. The van der Waals surface area contributed by atoms with Gasteiger partial charge in [-0.2, -0.15) is 4.98 Å². The van der Waals surface area contributed by atoms with Gasteiger partial charge >= 0.3 is 0 Å². The van der Waals surface area contributed by atoms with Gasteiger partial charge in [0.05, 0.1) is 11.0 Å². The fourth-order valence-corrected chi connectivity index (χ4v) is 2.33. The normalized spacial score (nSPS) is 10.5. The summed E-state index contributed by atoms with van der Waals surface area (Å²) in [6.07, 6.45) is 0. The predicted octanol–water partition coefficient (Wildman–Crippen LogP) is 2.63. The van der Waals surface area contributed by atoms with Crippen LogP contribution in [0.1, 0.15) is 11.7 Å². The summed E-state index contributed by atoms with van der Waals surface area (Å²) in [6, 6.07) is 5.64. The molecule has 0 radical (unpaired) electrons. The van der Waals surface area contributed by atoms with Crippen LogP contribution in [0.2, 0.25) is 0 Å². The van der Waals surface area contributed by atoms with E-state index < -0.39 is 0 Å². The zero-order valence-corrected chi connectivity index (χ0v) is 11.9. The average molecular weight is 363 g/mol. The molecule has 0 saturated carbocycles. The maximum absolute atomic E-state index is 5.54. The Morgan fingerprint density at radius 1 is 1.35 bits per heavy atom. The van der Waals surface area contributed by atoms with Crippen LogP contribution >= 0.6 is 31.9 Å². The second kappa shape index (κ2) is 5.61. The first-order valence-electron chi connectivity index (χ1n) is 4.78. The number of halogens is 2. The Morgan fingerprint density at radius 3 is 2.82 bits per heavy atom. The molecule has 2 N–H and O–H groups in total. The van der Waals surface area contributed by atoms with Crippen LogP contribution in [0.4, 0.5) is 0 Å². The minimum Gasteiger partial charge on any atom is -0.484 e. The van der Waals surface area contributed by atoms with Gasteiger partial charge in [-0.3, -0.25) is 0 Å². The number of nitrogens with two attached hydrogens (primary N) is 1. The van der Waals surface area contributed by atoms with E-state index in [0.717, 1.165) is 8.95 Å². The third-order valence-corrected chi connectivity index (χ3v) is 3.05. The molecular formula is C10H9Br2N3O2. The van der Waals surface area contributed by atoms with Crippen LogP contribution in [-0.4, -0.2) is 10.1 Å². The molecule has 0 aliphatic heterocycles. The van der Waals surface area contributed by atoms with Gasteiger partial charge in [0.15, 0.2) is 6.61 Å². The zero-order valence-electron chi connectivity index (χ0n) is 8.69. The van der Waals surface area contributed by atoms with Gasteiger partial charge in [-0.25, -0.2) is 0 Å². The number of nitrogens with zero attached hydrogens (tertiary/aromatic N) is 2. The van der Waals surface area contributed by atoms with E-state index in [4.69, 9.17) is 15.0 Å². The van der Waals surface area contributed by atoms with E-state index in [1.54, 1.807) is 0 Å². The van der Waals surface area contributed by atoms with Gasteiger partial charge in [0.25, 0.3) is 0 Å². The molecular weight excluding hydrogens is 354 g/mol. The fourth-order valence-electron chi connectivity index (χ4n) is 1.17. The Balaban J connectivity index is 2.02. The number of hydrogen-bond acceptors (Lipinski definition) is 5. The topological polar surface area (TPSA) is 74.2 Å². The first-order chi connectivity index (χ1) is 8.19. The maximum atomic E-state index is 5.54. The largest absolute Gasteiger partial charge is 0.484 e. The van der Waals surface area contributed by atoms with Gasteiger partial charge in [-0.05, 0) is 34.1 Å². The summed E-state index contributed by atoms with van der Waals surface area (Å²) >= 11 is 6.77. The van der Waals surface area contributed by atoms with Crippen molar-refractivity contribution in [3.05, 3.63) is 38.9 Å². The lowest BCUT2D eigenvalue weighted by Gasteiger charge is -2.05. The molecule has 1 aromatic heterocycles. The highest BCUT2D eigenvalue weighted by Gasteiger charge is 2.07. The molecule has 2 rings (SSSR count). The molecule has 0 amide bonds. The smallest absolute Gasteiger partial charge is 0.240 e. The first kappa shape index (κ1) is 12.5. The quantitative estimate of drug-likeness (QED) is 0.904. The highest BCUT2D eigenvalue weighted by atomic mass is 79.9. The lowest BCUT2D eigenvalue weighted by Crippen LogP contribution is -2.00. The summed E-state index contributed by atoms with van der Waals surface area (Å²) < 4.78 is 12.2. The van der Waals surface area contributed by atoms with E-state index in [1.807, 2.05) is 18.2 Å². The van der Waals surface area contributed by atoms with E-state index in [2.05, 4.69) is 42.0 Å². The molecule has 0 aliphatic carbocycles. The van der Waals surface area contributed by atoms with E-state index in [1.165, 1.54) is 0 Å². The molecule has 0 bridgehead atoms. The molecule has 0 unspecified atom stereocenters. The standard InChI is InChI=1S/C10H9Br2N3O2/c11-6-1-2-8(7(12)3-6)16-5-9-14-10(4-13)17-15-9/h1-3H,4-5,13H2. The summed E-state index contributed by atoms with van der Waals surface area (Å²) in [4.78, 5) is 4.04. The Morgan fingerprint density at radius 2 is 2.18 bits per heavy atom. The van der Waals surface area contributed by atoms with Crippen LogP contribution in [0, 0.1) is 0 Å². The lowest BCUT2D eigenvalue weighted by molar-refractivity contribution is 0.283. The van der Waals surface area contributed by atoms with Gasteiger partial charge in [-0.15, -0.1) is 0 Å². The Bertz CT molecular complexity index is 516. The molecule has 5 nitrogen and oxygen atoms in total. The van der Waals surface area contributed by atoms with Gasteiger partial charge < -0.3 is 15.0 Å². The van der Waals surface area contributed by atoms with Crippen LogP contribution < -0.4 is 10.5 Å². The molecule has 0 fully saturated rings. The van der Waals surface area contributed by atoms with Crippen molar-refractivity contribution in [2.45, 2.75) is 13.2 Å². The van der Waals surface area contributed by atoms with Crippen LogP contribution in [0.3, 0.4) is 0 Å². The van der Waals surface area contributed by atoms with Crippen LogP contribution in [0.15, 0.2) is 31.7 Å². The molecule has 7 heteroatoms. The van der Waals surface area contributed by atoms with E-state index >= 15 is 0 Å². The third-order valence-electron chi connectivity index (χ3n) is 1.94. The summed E-state index contributed by atoms with van der Waals surface area (Å²) in [5.74, 6) is 1.59. The number of hydrogen-bond donors (Lipinski definition) is 1. The van der Waals surface area contributed by atoms with Gasteiger partial charge in [0.2, 0.25) is 11.7 Å². The minimum atomic E-state index is 0.231. The van der Waals surface area contributed by atoms with Crippen LogP contribution in [0.25, 0.3) is 0 Å². The monoisotopic (exact) mass is 361 g/mol. The predicted molar refractivity (Wildman–Crippen MR) is 68.4 cm³/mol. The van der Waals surface area contributed by atoms with Crippen molar-refractivity contribution in [3.63, 3.8) is 0 Å². The Kier molecular flexibility index (Phi) is 4.14. The van der Waals surface area contributed by atoms with Crippen molar-refractivity contribution < 1.29 is 9.26 Å². The van der Waals surface area contributed by atoms with Gasteiger partial charge in [0.1, 0.15) is 5.75 Å². The second-order valence-corrected chi connectivity index (χ2v) is 4.94. The summed E-state index contributed by atoms with van der Waals surface area (Å²) in [6.45, 7) is 0.471. The van der Waals surface area contributed by atoms with E-state index in [9.17, 15) is 0 Å². The van der Waals surface area contributed by atoms with Crippen LogP contribution in [-0.2, 0) is 13.2 Å². The average Bonchev–Trinajstić information content (AvgIpc) is 2.76. The van der Waals surface area contributed by atoms with E-state index in [0.29, 0.717) is 17.5 Å². The third kappa shape index (κ3) is 3.27. The number of rotatable bonds is 4. The van der Waals surface area contributed by atoms with Crippen molar-refractivity contribution in [1.82, 2.24) is 10.1 Å². The molecule has 0 saturated heterocycles. The summed E-state index contributed by atoms with van der Waals surface area (Å²) in [7, 11) is 0. The number of ether oxygens (including phenoxy) is 1. The van der Waals surface area contributed by atoms with E-state index in [-0.39, 0.29) is 13.2 Å². The van der Waals surface area contributed by atoms with Crippen molar-refractivity contribution in [1.29, 1.82) is 0 Å². The molecule has 1 aromatic carbocycles. The zero-order chi connectivity index (χ0) is 12.3. The van der Waals surface area contributed by atoms with Crippen LogP contribution in [0.5, 0.6) is 5.75 Å². The minimum absolute atomic E-state index is 0.231. The van der Waals surface area contributed by atoms with Crippen molar-refractivity contribution in [2.75, 3.05) is 0 Å². The second-order valence-electron chi connectivity index (χ2n) is 3.17. The maximum Gasteiger partial charge on any atom is 0.240 e. The highest BCUT2D eigenvalue weighted by molar-refractivity contribution is 9.11. The Labute approximate surface area is 115 Å². The SMILES string of the molecule is NCc1nc(COc2ccc(Br)cc2Br)no1. The molecule has 90 valence electrons. The molecule has 0 spiro atoms. The van der Waals surface area contributed by atoms with Gasteiger partial charge in [0, 0.05) is 4.47 Å². The first-order valence-corrected chi connectivity index (χ1v) is 6.37. The molecule has 1 heterocycles. The number of aromatic nitrogens is 2.